The summed E-state index contributed by atoms with van der Waals surface area (Å²) in [6, 6.07) is 6.73. The second-order valence-corrected chi connectivity index (χ2v) is 2.35. The fraction of sp³-hybridized carbons (Fsp3) is 0. The fourth-order valence-corrected chi connectivity index (χ4v) is 0.752. The Hall–Kier alpha value is -0.633. The highest BCUT2D eigenvalue weighted by molar-refractivity contribution is 6.32. The highest BCUT2D eigenvalue weighted by Crippen LogP contribution is 1.88. The van der Waals surface area contributed by atoms with Crippen LogP contribution in [0.4, 0.5) is 4.39 Å². The first-order chi connectivity index (χ1) is 3.80. The first-order valence-electron chi connectivity index (χ1n) is 2.37. The lowest BCUT2D eigenvalue weighted by Gasteiger charge is -1.89. The average molecular weight is 125 g/mol. The zero-order valence-electron chi connectivity index (χ0n) is 4.39. The Labute approximate surface area is 50.8 Å². The van der Waals surface area contributed by atoms with Gasteiger partial charge in [-0.15, -0.1) is 0 Å². The van der Waals surface area contributed by atoms with Crippen LogP contribution in [0.1, 0.15) is 0 Å². The maximum atomic E-state index is 12.3. The van der Waals surface area contributed by atoms with E-state index in [-0.39, 0.29) is 5.82 Å². The van der Waals surface area contributed by atoms with E-state index in [9.17, 15) is 4.39 Å². The molecule has 0 nitrogen and oxygen atoms in total. The van der Waals surface area contributed by atoms with E-state index in [0.717, 1.165) is 5.19 Å². The smallest absolute Gasteiger partial charge is 0.121 e. The van der Waals surface area contributed by atoms with Gasteiger partial charge in [-0.3, -0.25) is 0 Å². The molecule has 0 N–H and O–H groups in total. The van der Waals surface area contributed by atoms with Crippen molar-refractivity contribution in [3.63, 3.8) is 0 Å². The second-order valence-electron chi connectivity index (χ2n) is 1.59. The molecule has 0 aliphatic rings. The summed E-state index contributed by atoms with van der Waals surface area (Å²) in [5.74, 6) is -0.120. The van der Waals surface area contributed by atoms with Gasteiger partial charge in [0.2, 0.25) is 0 Å². The van der Waals surface area contributed by atoms with Gasteiger partial charge in [0.25, 0.3) is 0 Å². The summed E-state index contributed by atoms with van der Waals surface area (Å²) in [6.45, 7) is 0. The van der Waals surface area contributed by atoms with Crippen LogP contribution < -0.4 is 5.19 Å². The molecule has 0 atom stereocenters. The minimum Gasteiger partial charge on any atom is -0.207 e. The predicted molar refractivity (Wildman–Crippen MR) is 34.6 cm³/mol. The topological polar surface area (TPSA) is 0 Å². The Morgan fingerprint density at radius 3 is 2.25 bits per heavy atom. The third-order valence-electron chi connectivity index (χ3n) is 0.958. The zero-order valence-corrected chi connectivity index (χ0v) is 5.81. The number of hydrogen-bond donors (Lipinski definition) is 0. The molecule has 41 valence electrons. The molecule has 1 rings (SSSR count). The van der Waals surface area contributed by atoms with Crippen molar-refractivity contribution in [2.24, 2.45) is 0 Å². The Morgan fingerprint density at radius 1 is 1.25 bits per heavy atom. The third kappa shape index (κ3) is 0.952. The largest absolute Gasteiger partial charge is 0.207 e. The minimum atomic E-state index is -0.120. The summed E-state index contributed by atoms with van der Waals surface area (Å²) < 4.78 is 12.3. The summed E-state index contributed by atoms with van der Waals surface area (Å²) in [6.07, 6.45) is 0. The van der Waals surface area contributed by atoms with E-state index < -0.39 is 0 Å². The Balaban J connectivity index is 3.13. The van der Waals surface area contributed by atoms with Crippen LogP contribution in [0.25, 0.3) is 0 Å². The van der Waals surface area contributed by atoms with E-state index in [1.807, 2.05) is 6.07 Å². The standard InChI is InChI=1S/C6H6FSi/c7-5-3-1-2-4-6(5)8/h1-4H,8H2. The van der Waals surface area contributed by atoms with Crippen molar-refractivity contribution >= 4 is 15.4 Å². The molecular formula is C6H6FSi. The molecule has 0 fully saturated rings. The first kappa shape index (κ1) is 5.50. The van der Waals surface area contributed by atoms with Crippen molar-refractivity contribution in [1.82, 2.24) is 0 Å². The van der Waals surface area contributed by atoms with Gasteiger partial charge in [-0.05, 0) is 11.3 Å². The van der Waals surface area contributed by atoms with E-state index in [0.29, 0.717) is 0 Å². The Bertz CT molecular complexity index is 165. The van der Waals surface area contributed by atoms with Gasteiger partial charge in [0.15, 0.2) is 0 Å². The quantitative estimate of drug-likeness (QED) is 0.431. The summed E-state index contributed by atoms with van der Waals surface area (Å²) in [7, 11) is 1.56. The van der Waals surface area contributed by atoms with Crippen molar-refractivity contribution in [3.05, 3.63) is 30.1 Å². The number of benzene rings is 1. The molecule has 0 saturated carbocycles. The van der Waals surface area contributed by atoms with Crippen molar-refractivity contribution in [2.75, 3.05) is 0 Å². The molecule has 0 unspecified atom stereocenters. The van der Waals surface area contributed by atoms with E-state index in [1.165, 1.54) is 6.07 Å². The Kier molecular flexibility index (Phi) is 1.44. The molecule has 1 radical (unpaired) electrons. The molecule has 8 heavy (non-hydrogen) atoms. The number of hydrogen-bond acceptors (Lipinski definition) is 0. The van der Waals surface area contributed by atoms with Crippen LogP contribution in [0.2, 0.25) is 0 Å². The highest BCUT2D eigenvalue weighted by atomic mass is 28.1. The molecule has 2 heteroatoms. The second kappa shape index (κ2) is 2.09. The van der Waals surface area contributed by atoms with Crippen LogP contribution in [0, 0.1) is 5.82 Å². The first-order valence-corrected chi connectivity index (χ1v) is 3.08. The van der Waals surface area contributed by atoms with Gasteiger partial charge in [0.05, 0.1) is 10.2 Å². The predicted octanol–water partition coefficient (Wildman–Crippen LogP) is 0.0841. The van der Waals surface area contributed by atoms with E-state index in [2.05, 4.69) is 0 Å². The van der Waals surface area contributed by atoms with Crippen LogP contribution in [-0.4, -0.2) is 10.2 Å². The van der Waals surface area contributed by atoms with Crippen molar-refractivity contribution in [2.45, 2.75) is 0 Å². The molecule has 0 amide bonds. The average Bonchev–Trinajstić information content (AvgIpc) is 1.77. The van der Waals surface area contributed by atoms with Gasteiger partial charge < -0.3 is 0 Å². The lowest BCUT2D eigenvalue weighted by atomic mass is 10.3. The van der Waals surface area contributed by atoms with E-state index in [4.69, 9.17) is 0 Å². The zero-order chi connectivity index (χ0) is 5.98. The molecule has 0 saturated heterocycles. The SMILES string of the molecule is Fc1ccccc1[SiH2]. The maximum Gasteiger partial charge on any atom is 0.121 e. The van der Waals surface area contributed by atoms with Gasteiger partial charge in [-0.25, -0.2) is 4.39 Å². The highest BCUT2D eigenvalue weighted by Gasteiger charge is 1.88. The minimum absolute atomic E-state index is 0.120. The van der Waals surface area contributed by atoms with Gasteiger partial charge in [0.1, 0.15) is 5.82 Å². The monoisotopic (exact) mass is 125 g/mol. The van der Waals surface area contributed by atoms with Gasteiger partial charge in [-0.2, -0.15) is 0 Å². The van der Waals surface area contributed by atoms with Crippen LogP contribution in [0.5, 0.6) is 0 Å². The normalized spacial score (nSPS) is 9.25. The van der Waals surface area contributed by atoms with Gasteiger partial charge >= 0.3 is 0 Å². The van der Waals surface area contributed by atoms with Gasteiger partial charge in [0, 0.05) is 0 Å². The molecular weight excluding hydrogens is 119 g/mol. The number of halogens is 1. The molecule has 0 aliphatic heterocycles. The third-order valence-corrected chi connectivity index (χ3v) is 1.53. The molecule has 0 aromatic heterocycles. The molecule has 1 aromatic rings. The number of rotatable bonds is 0. The molecule has 0 spiro atoms. The van der Waals surface area contributed by atoms with Crippen molar-refractivity contribution in [1.29, 1.82) is 0 Å². The summed E-state index contributed by atoms with van der Waals surface area (Å²) in [4.78, 5) is 0. The van der Waals surface area contributed by atoms with Gasteiger partial charge in [-0.1, -0.05) is 18.2 Å². The van der Waals surface area contributed by atoms with Crippen molar-refractivity contribution in [3.8, 4) is 0 Å². The van der Waals surface area contributed by atoms with Crippen LogP contribution in [0.3, 0.4) is 0 Å². The van der Waals surface area contributed by atoms with Crippen LogP contribution in [0.15, 0.2) is 24.3 Å². The molecule has 1 aromatic carbocycles. The fourth-order valence-electron chi connectivity index (χ4n) is 0.498. The molecule has 0 bridgehead atoms. The Morgan fingerprint density at radius 2 is 1.88 bits per heavy atom. The lowest BCUT2D eigenvalue weighted by molar-refractivity contribution is 0.636. The summed E-state index contributed by atoms with van der Waals surface area (Å²) >= 11 is 0. The van der Waals surface area contributed by atoms with Crippen molar-refractivity contribution < 1.29 is 4.39 Å². The summed E-state index contributed by atoms with van der Waals surface area (Å²) in [5, 5.41) is 0.729. The van der Waals surface area contributed by atoms with E-state index >= 15 is 0 Å². The van der Waals surface area contributed by atoms with Crippen LogP contribution in [-0.2, 0) is 0 Å². The van der Waals surface area contributed by atoms with E-state index in [1.54, 1.807) is 22.4 Å². The summed E-state index contributed by atoms with van der Waals surface area (Å²) in [5.41, 5.74) is 0. The molecule has 0 heterocycles. The molecule has 0 aliphatic carbocycles. The lowest BCUT2D eigenvalue weighted by Crippen LogP contribution is -2.05. The maximum absolute atomic E-state index is 12.3. The van der Waals surface area contributed by atoms with Crippen LogP contribution >= 0.6 is 0 Å².